The van der Waals surface area contributed by atoms with Crippen molar-refractivity contribution in [2.24, 2.45) is 5.73 Å². The Bertz CT molecular complexity index is 251. The van der Waals surface area contributed by atoms with Crippen LogP contribution in [0.25, 0.3) is 0 Å². The molecule has 0 heterocycles. The molecule has 2 nitrogen and oxygen atoms in total. The summed E-state index contributed by atoms with van der Waals surface area (Å²) in [4.78, 5) is 1.22. The molecule has 0 aliphatic rings. The lowest BCUT2D eigenvalue weighted by Crippen LogP contribution is -2.22. The monoisotopic (exact) mass is 211 g/mol. The first-order chi connectivity index (χ1) is 6.72. The highest BCUT2D eigenvalue weighted by atomic mass is 32.2. The van der Waals surface area contributed by atoms with Gasteiger partial charge in [0.15, 0.2) is 0 Å². The summed E-state index contributed by atoms with van der Waals surface area (Å²) in [5, 5.41) is 0. The van der Waals surface area contributed by atoms with Crippen LogP contribution in [-0.4, -0.2) is 18.6 Å². The van der Waals surface area contributed by atoms with Crippen molar-refractivity contribution >= 4 is 11.8 Å². The van der Waals surface area contributed by atoms with E-state index in [1.54, 1.807) is 18.9 Å². The highest BCUT2D eigenvalue weighted by Gasteiger charge is 2.10. The lowest BCUT2D eigenvalue weighted by atomic mass is 10.3. The first-order valence-corrected chi connectivity index (χ1v) is 5.60. The van der Waals surface area contributed by atoms with Crippen molar-refractivity contribution in [1.29, 1.82) is 0 Å². The van der Waals surface area contributed by atoms with Crippen LogP contribution < -0.4 is 5.73 Å². The van der Waals surface area contributed by atoms with Crippen molar-refractivity contribution < 1.29 is 4.74 Å². The molecular weight excluding hydrogens is 194 g/mol. The number of rotatable bonds is 5. The van der Waals surface area contributed by atoms with E-state index in [4.69, 9.17) is 10.5 Å². The molecule has 2 N–H and O–H groups in total. The normalized spacial score (nSPS) is 15.1. The van der Waals surface area contributed by atoms with Gasteiger partial charge in [-0.25, -0.2) is 0 Å². The lowest BCUT2D eigenvalue weighted by Gasteiger charge is -2.16. The summed E-state index contributed by atoms with van der Waals surface area (Å²) < 4.78 is 5.35. The first kappa shape index (κ1) is 11.6. The summed E-state index contributed by atoms with van der Waals surface area (Å²) in [5.74, 6) is 0. The minimum atomic E-state index is 0.150. The van der Waals surface area contributed by atoms with Gasteiger partial charge in [-0.1, -0.05) is 30.0 Å². The largest absolute Gasteiger partial charge is 0.370 e. The van der Waals surface area contributed by atoms with Crippen LogP contribution in [0.5, 0.6) is 0 Å². The Morgan fingerprint density at radius 3 is 2.50 bits per heavy atom. The Morgan fingerprint density at radius 1 is 1.36 bits per heavy atom. The molecule has 2 unspecified atom stereocenters. The Hall–Kier alpha value is -0.510. The third-order valence-corrected chi connectivity index (χ3v) is 3.03. The van der Waals surface area contributed by atoms with Crippen LogP contribution in [0.2, 0.25) is 0 Å². The second-order valence-corrected chi connectivity index (χ2v) is 4.54. The van der Waals surface area contributed by atoms with E-state index < -0.39 is 0 Å². The Labute approximate surface area is 89.8 Å². The van der Waals surface area contributed by atoms with E-state index in [0.29, 0.717) is 0 Å². The number of ether oxygens (including phenoxy) is 1. The van der Waals surface area contributed by atoms with E-state index in [-0.39, 0.29) is 11.5 Å². The smallest absolute Gasteiger partial charge is 0.108 e. The molecule has 3 heteroatoms. The quantitative estimate of drug-likeness (QED) is 0.600. The first-order valence-electron chi connectivity index (χ1n) is 4.72. The summed E-state index contributed by atoms with van der Waals surface area (Å²) in [6, 6.07) is 10.4. The van der Waals surface area contributed by atoms with Crippen molar-refractivity contribution in [2.75, 3.05) is 7.11 Å². The van der Waals surface area contributed by atoms with Gasteiger partial charge in [-0.15, -0.1) is 0 Å². The van der Waals surface area contributed by atoms with Gasteiger partial charge in [0.05, 0.1) is 0 Å². The summed E-state index contributed by atoms with van der Waals surface area (Å²) in [6.07, 6.45) is 0.871. The zero-order chi connectivity index (χ0) is 10.4. The highest BCUT2D eigenvalue weighted by Crippen LogP contribution is 2.25. The Balaban J connectivity index is 2.48. The van der Waals surface area contributed by atoms with Gasteiger partial charge in [0.2, 0.25) is 0 Å². The van der Waals surface area contributed by atoms with Gasteiger partial charge in [-0.2, -0.15) is 0 Å². The molecule has 0 saturated carbocycles. The van der Waals surface area contributed by atoms with E-state index in [0.717, 1.165) is 6.42 Å². The fraction of sp³-hybridized carbons (Fsp3) is 0.455. The van der Waals surface area contributed by atoms with Crippen LogP contribution in [0.4, 0.5) is 0 Å². The van der Waals surface area contributed by atoms with E-state index in [1.165, 1.54) is 4.90 Å². The number of hydrogen-bond donors (Lipinski definition) is 1. The lowest BCUT2D eigenvalue weighted by molar-refractivity contribution is 0.161. The number of hydrogen-bond acceptors (Lipinski definition) is 3. The number of methoxy groups -OCH3 is 1. The fourth-order valence-corrected chi connectivity index (χ4v) is 2.26. The summed E-state index contributed by atoms with van der Waals surface area (Å²) in [7, 11) is 1.73. The van der Waals surface area contributed by atoms with E-state index >= 15 is 0 Å². The van der Waals surface area contributed by atoms with Crippen molar-refractivity contribution in [2.45, 2.75) is 29.7 Å². The van der Waals surface area contributed by atoms with Gasteiger partial charge in [0, 0.05) is 18.0 Å². The van der Waals surface area contributed by atoms with E-state index in [2.05, 4.69) is 12.1 Å². The molecule has 1 rings (SSSR count). The molecular formula is C11H17NOS. The topological polar surface area (TPSA) is 35.2 Å². The zero-order valence-electron chi connectivity index (χ0n) is 8.64. The number of thioether (sulfide) groups is 1. The SMILES string of the molecule is COC(CC(C)N)Sc1ccccc1. The number of benzene rings is 1. The molecule has 0 saturated heterocycles. The second kappa shape index (κ2) is 6.06. The molecule has 1 aromatic rings. The molecule has 0 aliphatic heterocycles. The van der Waals surface area contributed by atoms with Crippen molar-refractivity contribution in [3.63, 3.8) is 0 Å². The van der Waals surface area contributed by atoms with Crippen LogP contribution >= 0.6 is 11.8 Å². The fourth-order valence-electron chi connectivity index (χ4n) is 1.15. The van der Waals surface area contributed by atoms with E-state index in [1.807, 2.05) is 25.1 Å². The standard InChI is InChI=1S/C11H17NOS/c1-9(12)8-11(13-2)14-10-6-4-3-5-7-10/h3-7,9,11H,8,12H2,1-2H3. The average Bonchev–Trinajstić information content (AvgIpc) is 2.17. The third-order valence-electron chi connectivity index (χ3n) is 1.84. The van der Waals surface area contributed by atoms with Gasteiger partial charge in [0.1, 0.15) is 5.44 Å². The van der Waals surface area contributed by atoms with Crippen molar-refractivity contribution in [3.8, 4) is 0 Å². The van der Waals surface area contributed by atoms with Crippen LogP contribution in [0.15, 0.2) is 35.2 Å². The van der Waals surface area contributed by atoms with Crippen LogP contribution in [-0.2, 0) is 4.74 Å². The van der Waals surface area contributed by atoms with Crippen LogP contribution in [0.3, 0.4) is 0 Å². The predicted octanol–water partition coefficient (Wildman–Crippen LogP) is 2.49. The molecule has 78 valence electrons. The minimum Gasteiger partial charge on any atom is -0.370 e. The highest BCUT2D eigenvalue weighted by molar-refractivity contribution is 7.99. The van der Waals surface area contributed by atoms with Gasteiger partial charge >= 0.3 is 0 Å². The summed E-state index contributed by atoms with van der Waals surface area (Å²) in [5.41, 5.74) is 5.88. The minimum absolute atomic E-state index is 0.150. The van der Waals surface area contributed by atoms with E-state index in [9.17, 15) is 0 Å². The maximum atomic E-state index is 5.73. The second-order valence-electron chi connectivity index (χ2n) is 3.31. The Morgan fingerprint density at radius 2 is 2.00 bits per heavy atom. The van der Waals surface area contributed by atoms with Crippen LogP contribution in [0, 0.1) is 0 Å². The van der Waals surface area contributed by atoms with Crippen molar-refractivity contribution in [3.05, 3.63) is 30.3 Å². The summed E-state index contributed by atoms with van der Waals surface area (Å²) >= 11 is 1.71. The maximum absolute atomic E-state index is 5.73. The zero-order valence-corrected chi connectivity index (χ0v) is 9.46. The molecule has 14 heavy (non-hydrogen) atoms. The molecule has 2 atom stereocenters. The predicted molar refractivity (Wildman–Crippen MR) is 61.4 cm³/mol. The average molecular weight is 211 g/mol. The number of nitrogens with two attached hydrogens (primary N) is 1. The maximum Gasteiger partial charge on any atom is 0.108 e. The molecule has 1 aromatic carbocycles. The molecule has 0 radical (unpaired) electrons. The molecule has 0 aliphatic carbocycles. The molecule has 0 fully saturated rings. The van der Waals surface area contributed by atoms with Gasteiger partial charge in [-0.05, 0) is 25.5 Å². The van der Waals surface area contributed by atoms with Gasteiger partial charge < -0.3 is 10.5 Å². The summed E-state index contributed by atoms with van der Waals surface area (Å²) in [6.45, 7) is 2.00. The molecule has 0 aromatic heterocycles. The molecule has 0 spiro atoms. The third kappa shape index (κ3) is 4.13. The van der Waals surface area contributed by atoms with Gasteiger partial charge in [-0.3, -0.25) is 0 Å². The Kier molecular flexibility index (Phi) is 5.01. The molecule has 0 bridgehead atoms. The van der Waals surface area contributed by atoms with Crippen LogP contribution in [0.1, 0.15) is 13.3 Å². The van der Waals surface area contributed by atoms with Gasteiger partial charge in [0.25, 0.3) is 0 Å². The molecule has 0 amide bonds. The van der Waals surface area contributed by atoms with Crippen molar-refractivity contribution in [1.82, 2.24) is 0 Å².